The zero-order valence-corrected chi connectivity index (χ0v) is 10.4. The lowest BCUT2D eigenvalue weighted by Crippen LogP contribution is -2.33. The Kier molecular flexibility index (Phi) is 4.29. The maximum absolute atomic E-state index is 13.2. The van der Waals surface area contributed by atoms with E-state index in [1.54, 1.807) is 0 Å². The van der Waals surface area contributed by atoms with Gasteiger partial charge >= 0.3 is 0 Å². The van der Waals surface area contributed by atoms with E-state index in [4.69, 9.17) is 10.00 Å². The van der Waals surface area contributed by atoms with Gasteiger partial charge in [-0.15, -0.1) is 0 Å². The lowest BCUT2D eigenvalue weighted by molar-refractivity contribution is 0.178. The van der Waals surface area contributed by atoms with Gasteiger partial charge in [-0.1, -0.05) is 0 Å². The molecule has 2 atom stereocenters. The Bertz CT molecular complexity index is 450. The van der Waals surface area contributed by atoms with Crippen LogP contribution in [0.2, 0.25) is 0 Å². The number of nitrogens with zero attached hydrogens (tertiary/aromatic N) is 1. The number of halogens is 1. The second-order valence-electron chi connectivity index (χ2n) is 4.71. The summed E-state index contributed by atoms with van der Waals surface area (Å²) in [4.78, 5) is 0. The molecule has 1 heterocycles. The molecule has 1 N–H and O–H groups in total. The van der Waals surface area contributed by atoms with Crippen LogP contribution in [-0.2, 0) is 11.3 Å². The molecule has 1 saturated heterocycles. The molecule has 0 amide bonds. The van der Waals surface area contributed by atoms with Crippen molar-refractivity contribution in [2.24, 2.45) is 5.92 Å². The Labute approximate surface area is 107 Å². The largest absolute Gasteiger partial charge is 0.381 e. The molecule has 0 bridgehead atoms. The van der Waals surface area contributed by atoms with Gasteiger partial charge in [0.2, 0.25) is 0 Å². The van der Waals surface area contributed by atoms with Crippen molar-refractivity contribution < 1.29 is 9.13 Å². The molecule has 1 aliphatic rings. The van der Waals surface area contributed by atoms with E-state index < -0.39 is 0 Å². The van der Waals surface area contributed by atoms with Gasteiger partial charge in [-0.05, 0) is 43.0 Å². The van der Waals surface area contributed by atoms with E-state index in [1.807, 2.05) is 0 Å². The Morgan fingerprint density at radius 1 is 1.61 bits per heavy atom. The van der Waals surface area contributed by atoms with Crippen LogP contribution < -0.4 is 5.32 Å². The van der Waals surface area contributed by atoms with Crippen molar-refractivity contribution in [3.63, 3.8) is 0 Å². The number of nitrogens with one attached hydrogen (secondary N) is 1. The molecule has 0 aliphatic carbocycles. The first-order chi connectivity index (χ1) is 8.70. The Balaban J connectivity index is 1.97. The number of rotatable bonds is 4. The van der Waals surface area contributed by atoms with Gasteiger partial charge in [-0.25, -0.2) is 4.39 Å². The Hall–Kier alpha value is -1.44. The van der Waals surface area contributed by atoms with E-state index in [0.717, 1.165) is 19.6 Å². The number of nitriles is 1. The fourth-order valence-corrected chi connectivity index (χ4v) is 2.20. The number of ether oxygens (including phenoxy) is 1. The summed E-state index contributed by atoms with van der Waals surface area (Å²) in [7, 11) is 0. The molecule has 96 valence electrons. The van der Waals surface area contributed by atoms with Crippen LogP contribution >= 0.6 is 0 Å². The molecule has 0 radical (unpaired) electrons. The summed E-state index contributed by atoms with van der Waals surface area (Å²) in [5.41, 5.74) is 1.24. The molecule has 1 aromatic carbocycles. The van der Waals surface area contributed by atoms with Gasteiger partial charge in [-0.3, -0.25) is 0 Å². The first-order valence-corrected chi connectivity index (χ1v) is 6.20. The van der Waals surface area contributed by atoms with Gasteiger partial charge < -0.3 is 10.1 Å². The standard InChI is InChI=1S/C14H17FN2O/c1-10(12-4-5-18-9-12)17-8-13-6-14(15)3-2-11(13)7-16/h2-3,6,10,12,17H,4-5,8-9H2,1H3. The molecule has 0 spiro atoms. The SMILES string of the molecule is CC(NCc1cc(F)ccc1C#N)C1CCOC1. The molecular weight excluding hydrogens is 231 g/mol. The molecule has 1 aromatic rings. The number of hydrogen-bond acceptors (Lipinski definition) is 3. The Morgan fingerprint density at radius 2 is 2.44 bits per heavy atom. The summed E-state index contributed by atoms with van der Waals surface area (Å²) >= 11 is 0. The monoisotopic (exact) mass is 248 g/mol. The third kappa shape index (κ3) is 3.06. The van der Waals surface area contributed by atoms with Crippen LogP contribution in [0.15, 0.2) is 18.2 Å². The molecule has 4 heteroatoms. The molecule has 0 saturated carbocycles. The predicted octanol–water partition coefficient (Wildman–Crippen LogP) is 2.21. The van der Waals surface area contributed by atoms with Crippen LogP contribution in [0.3, 0.4) is 0 Å². The van der Waals surface area contributed by atoms with Crippen molar-refractivity contribution in [2.45, 2.75) is 25.9 Å². The van der Waals surface area contributed by atoms with Gasteiger partial charge in [0.25, 0.3) is 0 Å². The molecule has 1 aliphatic heterocycles. The van der Waals surface area contributed by atoms with E-state index in [1.165, 1.54) is 18.2 Å². The average molecular weight is 248 g/mol. The Morgan fingerprint density at radius 3 is 3.11 bits per heavy atom. The maximum atomic E-state index is 13.2. The zero-order chi connectivity index (χ0) is 13.0. The minimum atomic E-state index is -0.303. The fourth-order valence-electron chi connectivity index (χ4n) is 2.20. The van der Waals surface area contributed by atoms with E-state index in [9.17, 15) is 4.39 Å². The summed E-state index contributed by atoms with van der Waals surface area (Å²) in [6.07, 6.45) is 1.06. The van der Waals surface area contributed by atoms with Gasteiger partial charge in [0.15, 0.2) is 0 Å². The van der Waals surface area contributed by atoms with Crippen molar-refractivity contribution >= 4 is 0 Å². The predicted molar refractivity (Wildman–Crippen MR) is 66.3 cm³/mol. The van der Waals surface area contributed by atoms with Crippen LogP contribution in [0.25, 0.3) is 0 Å². The second kappa shape index (κ2) is 5.94. The zero-order valence-electron chi connectivity index (χ0n) is 10.4. The highest BCUT2D eigenvalue weighted by Crippen LogP contribution is 2.17. The van der Waals surface area contributed by atoms with Crippen molar-refractivity contribution in [2.75, 3.05) is 13.2 Å². The average Bonchev–Trinajstić information content (AvgIpc) is 2.90. The molecule has 3 nitrogen and oxygen atoms in total. The van der Waals surface area contributed by atoms with Crippen LogP contribution in [0.1, 0.15) is 24.5 Å². The van der Waals surface area contributed by atoms with Crippen molar-refractivity contribution in [3.05, 3.63) is 35.1 Å². The first-order valence-electron chi connectivity index (χ1n) is 6.20. The van der Waals surface area contributed by atoms with Crippen LogP contribution in [-0.4, -0.2) is 19.3 Å². The molecule has 2 rings (SSSR count). The van der Waals surface area contributed by atoms with Gasteiger partial charge in [0.05, 0.1) is 18.2 Å². The van der Waals surface area contributed by atoms with Crippen molar-refractivity contribution in [1.82, 2.24) is 5.32 Å². The highest BCUT2D eigenvalue weighted by atomic mass is 19.1. The summed E-state index contributed by atoms with van der Waals surface area (Å²) in [5.74, 6) is 0.201. The minimum Gasteiger partial charge on any atom is -0.381 e. The lowest BCUT2D eigenvalue weighted by Gasteiger charge is -2.19. The van der Waals surface area contributed by atoms with E-state index in [2.05, 4.69) is 18.3 Å². The summed E-state index contributed by atoms with van der Waals surface area (Å²) in [6.45, 7) is 4.21. The molecule has 18 heavy (non-hydrogen) atoms. The third-order valence-electron chi connectivity index (χ3n) is 3.47. The van der Waals surface area contributed by atoms with E-state index in [0.29, 0.717) is 29.6 Å². The topological polar surface area (TPSA) is 45.0 Å². The molecular formula is C14H17FN2O. The second-order valence-corrected chi connectivity index (χ2v) is 4.71. The highest BCUT2D eigenvalue weighted by molar-refractivity contribution is 5.37. The molecule has 2 unspecified atom stereocenters. The molecule has 1 fully saturated rings. The quantitative estimate of drug-likeness (QED) is 0.888. The third-order valence-corrected chi connectivity index (χ3v) is 3.47. The van der Waals surface area contributed by atoms with Crippen LogP contribution in [0.5, 0.6) is 0 Å². The maximum Gasteiger partial charge on any atom is 0.123 e. The van der Waals surface area contributed by atoms with E-state index in [-0.39, 0.29) is 5.82 Å². The van der Waals surface area contributed by atoms with Crippen molar-refractivity contribution in [1.29, 1.82) is 5.26 Å². The summed E-state index contributed by atoms with van der Waals surface area (Å²) in [5, 5.41) is 12.3. The first kappa shape index (κ1) is 13.0. The highest BCUT2D eigenvalue weighted by Gasteiger charge is 2.21. The molecule has 0 aromatic heterocycles. The number of hydrogen-bond donors (Lipinski definition) is 1. The van der Waals surface area contributed by atoms with Gasteiger partial charge in [-0.2, -0.15) is 5.26 Å². The minimum absolute atomic E-state index is 0.303. The van der Waals surface area contributed by atoms with Gasteiger partial charge in [0.1, 0.15) is 5.82 Å². The van der Waals surface area contributed by atoms with Crippen molar-refractivity contribution in [3.8, 4) is 6.07 Å². The van der Waals surface area contributed by atoms with Crippen LogP contribution in [0, 0.1) is 23.1 Å². The van der Waals surface area contributed by atoms with Gasteiger partial charge in [0, 0.05) is 19.2 Å². The smallest absolute Gasteiger partial charge is 0.123 e. The fraction of sp³-hybridized carbons (Fsp3) is 0.500. The summed E-state index contributed by atoms with van der Waals surface area (Å²) < 4.78 is 18.5. The number of benzene rings is 1. The van der Waals surface area contributed by atoms with E-state index >= 15 is 0 Å². The normalized spacial score (nSPS) is 20.6. The summed E-state index contributed by atoms with van der Waals surface area (Å²) in [6, 6.07) is 6.65. The van der Waals surface area contributed by atoms with Crippen LogP contribution in [0.4, 0.5) is 4.39 Å². The lowest BCUT2D eigenvalue weighted by atomic mass is 10.00.